The molecule has 0 aliphatic heterocycles. The maximum Gasteiger partial charge on any atom is 0.270 e. The Morgan fingerprint density at radius 3 is 2.36 bits per heavy atom. The number of amides is 1. The quantitative estimate of drug-likeness (QED) is 0.269. The highest BCUT2D eigenvalue weighted by atomic mass is 32.2. The van der Waals surface area contributed by atoms with Gasteiger partial charge in [-0.05, 0) is 24.3 Å². The van der Waals surface area contributed by atoms with Gasteiger partial charge in [-0.3, -0.25) is 19.7 Å². The number of anilines is 1. The highest BCUT2D eigenvalue weighted by molar-refractivity contribution is 8.00. The molecule has 0 aliphatic rings. The Morgan fingerprint density at radius 1 is 0.893 bits per heavy atom. The summed E-state index contributed by atoms with van der Waals surface area (Å²) >= 11 is 1.38. The van der Waals surface area contributed by atoms with Crippen LogP contribution < -0.4 is 5.32 Å². The lowest BCUT2D eigenvalue weighted by atomic mass is 10.2. The number of nitro benzene ring substituents is 1. The molecule has 0 atom stereocenters. The molecule has 3 aromatic rings. The topological polar surface area (TPSA) is 89.3 Å². The third-order valence-corrected chi connectivity index (χ3v) is 4.87. The number of nitro groups is 1. The van der Waals surface area contributed by atoms with E-state index in [1.54, 1.807) is 30.3 Å². The normalized spacial score (nSPS) is 10.3. The first kappa shape index (κ1) is 19.3. The number of carbonyl (C=O) groups excluding carboxylic acids is 2. The number of ketones is 1. The van der Waals surface area contributed by atoms with Crippen LogP contribution in [0.4, 0.5) is 11.4 Å². The number of Topliss-reactive ketones (excluding diaryl/α,β-unsaturated/α-hetero) is 1. The predicted molar refractivity (Wildman–Crippen MR) is 109 cm³/mol. The van der Waals surface area contributed by atoms with Gasteiger partial charge in [0.2, 0.25) is 0 Å². The van der Waals surface area contributed by atoms with E-state index in [1.165, 1.54) is 36.0 Å². The molecule has 6 nitrogen and oxygen atoms in total. The molecule has 0 aliphatic carbocycles. The molecule has 0 saturated carbocycles. The summed E-state index contributed by atoms with van der Waals surface area (Å²) in [7, 11) is 0. The zero-order valence-electron chi connectivity index (χ0n) is 14.7. The van der Waals surface area contributed by atoms with Crippen LogP contribution in [0.15, 0.2) is 83.8 Å². The highest BCUT2D eigenvalue weighted by Gasteiger charge is 2.12. The number of benzene rings is 3. The van der Waals surface area contributed by atoms with Gasteiger partial charge in [-0.25, -0.2) is 0 Å². The van der Waals surface area contributed by atoms with Crippen LogP contribution in [0.2, 0.25) is 0 Å². The Balaban J connectivity index is 1.64. The van der Waals surface area contributed by atoms with Crippen molar-refractivity contribution in [1.29, 1.82) is 0 Å². The number of rotatable bonds is 7. The van der Waals surface area contributed by atoms with E-state index in [4.69, 9.17) is 0 Å². The van der Waals surface area contributed by atoms with Crippen LogP contribution in [0.3, 0.4) is 0 Å². The van der Waals surface area contributed by atoms with Crippen LogP contribution in [0.25, 0.3) is 0 Å². The van der Waals surface area contributed by atoms with Gasteiger partial charge in [-0.1, -0.05) is 42.5 Å². The van der Waals surface area contributed by atoms with E-state index in [1.807, 2.05) is 24.3 Å². The minimum atomic E-state index is -0.544. The van der Waals surface area contributed by atoms with Gasteiger partial charge in [0.25, 0.3) is 11.6 Å². The number of thioether (sulfide) groups is 1. The minimum Gasteiger partial charge on any atom is -0.322 e. The van der Waals surface area contributed by atoms with Gasteiger partial charge in [0.05, 0.1) is 10.7 Å². The fourth-order valence-electron chi connectivity index (χ4n) is 2.48. The summed E-state index contributed by atoms with van der Waals surface area (Å²) in [5.41, 5.74) is 1.27. The highest BCUT2D eigenvalue weighted by Crippen LogP contribution is 2.23. The molecule has 0 radical (unpaired) electrons. The van der Waals surface area contributed by atoms with Gasteiger partial charge < -0.3 is 5.32 Å². The van der Waals surface area contributed by atoms with Crippen LogP contribution in [0.5, 0.6) is 0 Å². The lowest BCUT2D eigenvalue weighted by Gasteiger charge is -2.07. The van der Waals surface area contributed by atoms with Crippen molar-refractivity contribution in [3.8, 4) is 0 Å². The first-order chi connectivity index (χ1) is 13.5. The van der Waals surface area contributed by atoms with Gasteiger partial charge in [0.1, 0.15) is 0 Å². The Bertz CT molecular complexity index is 1020. The molecule has 3 aromatic carbocycles. The van der Waals surface area contributed by atoms with Crippen molar-refractivity contribution in [2.75, 3.05) is 11.1 Å². The van der Waals surface area contributed by atoms with Crippen molar-refractivity contribution < 1.29 is 14.5 Å². The third-order valence-electron chi connectivity index (χ3n) is 3.88. The maximum atomic E-state index is 12.4. The molecule has 0 unspecified atom stereocenters. The predicted octanol–water partition coefficient (Wildman–Crippen LogP) is 4.82. The monoisotopic (exact) mass is 392 g/mol. The Hall–Kier alpha value is -3.45. The van der Waals surface area contributed by atoms with E-state index in [9.17, 15) is 19.7 Å². The molecule has 0 bridgehead atoms. The average Bonchev–Trinajstić information content (AvgIpc) is 2.73. The fourth-order valence-corrected chi connectivity index (χ4v) is 3.33. The van der Waals surface area contributed by atoms with Gasteiger partial charge in [-0.15, -0.1) is 11.8 Å². The SMILES string of the molecule is O=C(CSc1cccc(NC(=O)c2cccc([N+](=O)[O-])c2)c1)c1ccccc1. The number of hydrogen-bond acceptors (Lipinski definition) is 5. The van der Waals surface area contributed by atoms with E-state index in [0.29, 0.717) is 11.3 Å². The smallest absolute Gasteiger partial charge is 0.270 e. The second-order valence-corrected chi connectivity index (χ2v) is 6.92. The summed E-state index contributed by atoms with van der Waals surface area (Å²) in [6.45, 7) is 0. The van der Waals surface area contributed by atoms with Gasteiger partial charge >= 0.3 is 0 Å². The molecule has 140 valence electrons. The summed E-state index contributed by atoms with van der Waals surface area (Å²) in [5.74, 6) is -0.130. The van der Waals surface area contributed by atoms with Gasteiger partial charge in [-0.2, -0.15) is 0 Å². The maximum absolute atomic E-state index is 12.4. The first-order valence-electron chi connectivity index (χ1n) is 8.40. The molecule has 28 heavy (non-hydrogen) atoms. The Labute approximate surface area is 165 Å². The average molecular weight is 392 g/mol. The Morgan fingerprint density at radius 2 is 1.61 bits per heavy atom. The summed E-state index contributed by atoms with van der Waals surface area (Å²) in [4.78, 5) is 35.7. The molecule has 1 N–H and O–H groups in total. The van der Waals surface area contributed by atoms with E-state index >= 15 is 0 Å². The number of nitrogens with zero attached hydrogens (tertiary/aromatic N) is 1. The molecule has 0 aromatic heterocycles. The van der Waals surface area contributed by atoms with Crippen LogP contribution in [-0.2, 0) is 0 Å². The largest absolute Gasteiger partial charge is 0.322 e. The number of non-ortho nitro benzene ring substituents is 1. The van der Waals surface area contributed by atoms with Gasteiger partial charge in [0.15, 0.2) is 5.78 Å². The van der Waals surface area contributed by atoms with Crippen molar-refractivity contribution in [2.45, 2.75) is 4.90 Å². The molecular weight excluding hydrogens is 376 g/mol. The van der Waals surface area contributed by atoms with E-state index < -0.39 is 10.8 Å². The van der Waals surface area contributed by atoms with E-state index in [0.717, 1.165) is 4.90 Å². The number of nitrogens with one attached hydrogen (secondary N) is 1. The number of hydrogen-bond donors (Lipinski definition) is 1. The number of carbonyl (C=O) groups is 2. The van der Waals surface area contributed by atoms with Crippen molar-refractivity contribution >= 4 is 34.8 Å². The van der Waals surface area contributed by atoms with Crippen molar-refractivity contribution in [1.82, 2.24) is 0 Å². The second kappa shape index (κ2) is 8.96. The third kappa shape index (κ3) is 5.05. The Kier molecular flexibility index (Phi) is 6.18. The lowest BCUT2D eigenvalue weighted by molar-refractivity contribution is -0.384. The lowest BCUT2D eigenvalue weighted by Crippen LogP contribution is -2.12. The standard InChI is InChI=1S/C21H16N2O4S/c24-20(15-6-2-1-3-7-15)14-28-19-11-5-9-17(13-19)22-21(25)16-8-4-10-18(12-16)23(26)27/h1-13H,14H2,(H,22,25). The summed E-state index contributed by atoms with van der Waals surface area (Å²) in [6.07, 6.45) is 0. The fraction of sp³-hybridized carbons (Fsp3) is 0.0476. The van der Waals surface area contributed by atoms with Crippen LogP contribution >= 0.6 is 11.8 Å². The van der Waals surface area contributed by atoms with Crippen molar-refractivity contribution in [3.05, 3.63) is 100 Å². The molecule has 3 rings (SSSR count). The van der Waals surface area contributed by atoms with E-state index in [2.05, 4.69) is 5.32 Å². The van der Waals surface area contributed by atoms with Crippen LogP contribution in [-0.4, -0.2) is 22.4 Å². The zero-order valence-corrected chi connectivity index (χ0v) is 15.5. The van der Waals surface area contributed by atoms with Crippen molar-refractivity contribution in [3.63, 3.8) is 0 Å². The summed E-state index contributed by atoms with van der Waals surface area (Å²) < 4.78 is 0. The van der Waals surface area contributed by atoms with E-state index in [-0.39, 0.29) is 22.8 Å². The molecule has 0 saturated heterocycles. The zero-order chi connectivity index (χ0) is 19.9. The molecule has 1 amide bonds. The van der Waals surface area contributed by atoms with Crippen LogP contribution in [0, 0.1) is 10.1 Å². The molecule has 0 heterocycles. The van der Waals surface area contributed by atoms with Gasteiger partial charge in [0, 0.05) is 33.8 Å². The molecule has 0 fully saturated rings. The molecular formula is C21H16N2O4S. The van der Waals surface area contributed by atoms with Crippen LogP contribution in [0.1, 0.15) is 20.7 Å². The first-order valence-corrected chi connectivity index (χ1v) is 9.38. The summed E-state index contributed by atoms with van der Waals surface area (Å²) in [6, 6.07) is 21.7. The van der Waals surface area contributed by atoms with Crippen molar-refractivity contribution in [2.24, 2.45) is 0 Å². The molecule has 7 heteroatoms. The second-order valence-electron chi connectivity index (χ2n) is 5.87. The molecule has 0 spiro atoms. The summed E-state index contributed by atoms with van der Waals surface area (Å²) in [5, 5.41) is 13.6. The minimum absolute atomic E-state index is 0.0247.